The van der Waals surface area contributed by atoms with E-state index in [4.69, 9.17) is 0 Å². The van der Waals surface area contributed by atoms with Crippen molar-refractivity contribution in [2.45, 2.75) is 71.3 Å². The van der Waals surface area contributed by atoms with E-state index in [0.29, 0.717) is 5.92 Å². The topological polar surface area (TPSA) is 20.2 Å². The van der Waals surface area contributed by atoms with Crippen LogP contribution >= 0.6 is 0 Å². The van der Waals surface area contributed by atoms with Crippen molar-refractivity contribution in [2.75, 3.05) is 0 Å². The minimum absolute atomic E-state index is 0.0458. The largest absolute Gasteiger partial charge is 0.393 e. The molecule has 1 fully saturated rings. The predicted octanol–water partition coefficient (Wildman–Crippen LogP) is 3.75. The Bertz CT molecular complexity index is 138. The molecule has 1 rings (SSSR count). The minimum Gasteiger partial charge on any atom is -0.393 e. The second-order valence-electron chi connectivity index (χ2n) is 5.06. The molecule has 1 N–H and O–H groups in total. The third-order valence-electron chi connectivity index (χ3n) is 3.75. The lowest BCUT2D eigenvalue weighted by Gasteiger charge is -2.19. The highest BCUT2D eigenvalue weighted by Crippen LogP contribution is 2.30. The van der Waals surface area contributed by atoms with Gasteiger partial charge in [-0.25, -0.2) is 0 Å². The first-order valence-electron chi connectivity index (χ1n) is 6.42. The van der Waals surface area contributed by atoms with E-state index in [9.17, 15) is 5.11 Å². The molecule has 0 spiro atoms. The molecule has 1 nitrogen and oxygen atoms in total. The second-order valence-corrected chi connectivity index (χ2v) is 5.06. The fourth-order valence-corrected chi connectivity index (χ4v) is 2.64. The summed E-state index contributed by atoms with van der Waals surface area (Å²) in [7, 11) is 0. The van der Waals surface area contributed by atoms with Crippen LogP contribution in [0, 0.1) is 11.8 Å². The van der Waals surface area contributed by atoms with Crippen LogP contribution in [-0.2, 0) is 0 Å². The summed E-state index contributed by atoms with van der Waals surface area (Å²) in [6, 6.07) is 0. The molecule has 0 saturated heterocycles. The van der Waals surface area contributed by atoms with Crippen LogP contribution in [0.3, 0.4) is 0 Å². The first-order valence-corrected chi connectivity index (χ1v) is 6.42. The molecule has 0 aromatic carbocycles. The van der Waals surface area contributed by atoms with Crippen molar-refractivity contribution < 1.29 is 5.11 Å². The van der Waals surface area contributed by atoms with Crippen LogP contribution in [0.4, 0.5) is 0 Å². The maximum Gasteiger partial charge on any atom is 0.0565 e. The zero-order valence-corrected chi connectivity index (χ0v) is 9.84. The van der Waals surface area contributed by atoms with Gasteiger partial charge in [0.1, 0.15) is 0 Å². The van der Waals surface area contributed by atoms with Crippen LogP contribution in [0.1, 0.15) is 65.2 Å². The molecule has 0 aromatic heterocycles. The summed E-state index contributed by atoms with van der Waals surface area (Å²) < 4.78 is 0. The van der Waals surface area contributed by atoms with Gasteiger partial charge in [-0.1, -0.05) is 46.0 Å². The normalized spacial score (nSPS) is 22.5. The molecule has 1 aliphatic carbocycles. The molecule has 1 aliphatic rings. The standard InChI is InChI=1S/C13H26O/c1-3-6-11(2)13(14)10-9-12-7-4-5-8-12/h11-14H,3-10H2,1-2H3. The van der Waals surface area contributed by atoms with Crippen molar-refractivity contribution in [2.24, 2.45) is 11.8 Å². The van der Waals surface area contributed by atoms with Crippen LogP contribution in [-0.4, -0.2) is 11.2 Å². The van der Waals surface area contributed by atoms with Crippen molar-refractivity contribution in [3.05, 3.63) is 0 Å². The van der Waals surface area contributed by atoms with Gasteiger partial charge in [-0.15, -0.1) is 0 Å². The van der Waals surface area contributed by atoms with E-state index < -0.39 is 0 Å². The van der Waals surface area contributed by atoms with Crippen LogP contribution in [0.5, 0.6) is 0 Å². The van der Waals surface area contributed by atoms with Crippen LogP contribution in [0.25, 0.3) is 0 Å². The number of hydrogen-bond acceptors (Lipinski definition) is 1. The highest BCUT2D eigenvalue weighted by atomic mass is 16.3. The van der Waals surface area contributed by atoms with E-state index in [1.54, 1.807) is 0 Å². The lowest BCUT2D eigenvalue weighted by Crippen LogP contribution is -2.18. The van der Waals surface area contributed by atoms with Gasteiger partial charge in [-0.05, 0) is 31.1 Å². The number of aliphatic hydroxyl groups excluding tert-OH is 1. The molecular weight excluding hydrogens is 172 g/mol. The average molecular weight is 198 g/mol. The monoisotopic (exact) mass is 198 g/mol. The van der Waals surface area contributed by atoms with Crippen LogP contribution in [0.15, 0.2) is 0 Å². The van der Waals surface area contributed by atoms with Crippen molar-refractivity contribution in [1.29, 1.82) is 0 Å². The number of aliphatic hydroxyl groups is 1. The number of rotatable bonds is 6. The molecule has 0 heterocycles. The molecule has 0 aromatic rings. The fraction of sp³-hybridized carbons (Fsp3) is 1.00. The quantitative estimate of drug-likeness (QED) is 0.689. The van der Waals surface area contributed by atoms with Gasteiger partial charge in [-0.2, -0.15) is 0 Å². The minimum atomic E-state index is -0.0458. The maximum absolute atomic E-state index is 9.91. The SMILES string of the molecule is CCCC(C)C(O)CCC1CCCC1. The molecule has 0 aliphatic heterocycles. The van der Waals surface area contributed by atoms with Gasteiger partial charge in [0, 0.05) is 0 Å². The van der Waals surface area contributed by atoms with E-state index in [2.05, 4.69) is 13.8 Å². The van der Waals surface area contributed by atoms with Crippen molar-refractivity contribution in [1.82, 2.24) is 0 Å². The van der Waals surface area contributed by atoms with Gasteiger partial charge in [-0.3, -0.25) is 0 Å². The Morgan fingerprint density at radius 1 is 1.21 bits per heavy atom. The van der Waals surface area contributed by atoms with Crippen LogP contribution < -0.4 is 0 Å². The smallest absolute Gasteiger partial charge is 0.0565 e. The van der Waals surface area contributed by atoms with Gasteiger partial charge >= 0.3 is 0 Å². The zero-order valence-electron chi connectivity index (χ0n) is 9.84. The summed E-state index contributed by atoms with van der Waals surface area (Å²) in [5, 5.41) is 9.91. The van der Waals surface area contributed by atoms with Gasteiger partial charge in [0.2, 0.25) is 0 Å². The Morgan fingerprint density at radius 2 is 1.86 bits per heavy atom. The molecule has 0 radical (unpaired) electrons. The maximum atomic E-state index is 9.91. The van der Waals surface area contributed by atoms with Crippen molar-refractivity contribution in [3.63, 3.8) is 0 Å². The molecule has 2 atom stereocenters. The van der Waals surface area contributed by atoms with E-state index >= 15 is 0 Å². The lowest BCUT2D eigenvalue weighted by molar-refractivity contribution is 0.0954. The van der Waals surface area contributed by atoms with E-state index in [0.717, 1.165) is 12.3 Å². The lowest BCUT2D eigenvalue weighted by atomic mass is 9.92. The summed E-state index contributed by atoms with van der Waals surface area (Å²) in [6.07, 6.45) is 10.3. The molecule has 2 unspecified atom stereocenters. The van der Waals surface area contributed by atoms with Gasteiger partial charge in [0.15, 0.2) is 0 Å². The van der Waals surface area contributed by atoms with Gasteiger partial charge < -0.3 is 5.11 Å². The summed E-state index contributed by atoms with van der Waals surface area (Å²) >= 11 is 0. The Kier molecular flexibility index (Phi) is 5.54. The van der Waals surface area contributed by atoms with E-state index in [1.807, 2.05) is 0 Å². The molecule has 14 heavy (non-hydrogen) atoms. The highest BCUT2D eigenvalue weighted by molar-refractivity contribution is 4.71. The van der Waals surface area contributed by atoms with Crippen LogP contribution in [0.2, 0.25) is 0 Å². The summed E-state index contributed by atoms with van der Waals surface area (Å²) in [5.41, 5.74) is 0. The molecule has 1 saturated carbocycles. The predicted molar refractivity (Wildman–Crippen MR) is 61.3 cm³/mol. The molecule has 84 valence electrons. The first-order chi connectivity index (χ1) is 6.74. The summed E-state index contributed by atoms with van der Waals surface area (Å²) in [6.45, 7) is 4.38. The summed E-state index contributed by atoms with van der Waals surface area (Å²) in [4.78, 5) is 0. The Hall–Kier alpha value is -0.0400. The molecular formula is C13H26O. The Morgan fingerprint density at radius 3 is 2.43 bits per heavy atom. The molecule has 0 bridgehead atoms. The summed E-state index contributed by atoms with van der Waals surface area (Å²) in [5.74, 6) is 1.43. The number of hydrogen-bond donors (Lipinski definition) is 1. The highest BCUT2D eigenvalue weighted by Gasteiger charge is 2.18. The first kappa shape index (κ1) is 12.0. The Labute approximate surface area is 88.9 Å². The third-order valence-corrected chi connectivity index (χ3v) is 3.75. The second kappa shape index (κ2) is 6.44. The van der Waals surface area contributed by atoms with E-state index in [-0.39, 0.29) is 6.10 Å². The third kappa shape index (κ3) is 4.00. The van der Waals surface area contributed by atoms with Crippen molar-refractivity contribution in [3.8, 4) is 0 Å². The molecule has 1 heteroatoms. The fourth-order valence-electron chi connectivity index (χ4n) is 2.64. The zero-order chi connectivity index (χ0) is 10.4. The van der Waals surface area contributed by atoms with Gasteiger partial charge in [0.05, 0.1) is 6.10 Å². The molecule has 0 amide bonds. The average Bonchev–Trinajstić information content (AvgIpc) is 2.67. The Balaban J connectivity index is 2.09. The van der Waals surface area contributed by atoms with E-state index in [1.165, 1.54) is 44.9 Å². The van der Waals surface area contributed by atoms with Crippen molar-refractivity contribution >= 4 is 0 Å². The van der Waals surface area contributed by atoms with Gasteiger partial charge in [0.25, 0.3) is 0 Å².